The molecule has 168 valence electrons. The highest BCUT2D eigenvalue weighted by Gasteiger charge is 2.71. The van der Waals surface area contributed by atoms with Crippen LogP contribution in [0.5, 0.6) is 0 Å². The third kappa shape index (κ3) is 3.81. The fourth-order valence-corrected chi connectivity index (χ4v) is 4.12. The first kappa shape index (κ1) is 21.7. The highest BCUT2D eigenvalue weighted by atomic mass is 19.3. The Bertz CT molecular complexity index is 970. The van der Waals surface area contributed by atoms with Gasteiger partial charge in [-0.25, -0.2) is 9.07 Å². The standard InChI is InChI=1S/C21H22F5N3O2/c22-15-6-4-13(5-7-15)18-17(12-2-1-3-12)19(29(28-18)8-9-30)27-16(31)10-14-11-20(23,24)21(14,25)26/h4-7,12,14,30H,1-3,8-11H2,(H,27,31)/t14-/m1/s1. The Morgan fingerprint density at radius 2 is 1.87 bits per heavy atom. The Hall–Kier alpha value is -2.49. The Kier molecular flexibility index (Phi) is 5.53. The van der Waals surface area contributed by atoms with Gasteiger partial charge >= 0.3 is 11.8 Å². The third-order valence-corrected chi connectivity index (χ3v) is 6.12. The van der Waals surface area contributed by atoms with Gasteiger partial charge in [0.15, 0.2) is 0 Å². The maximum Gasteiger partial charge on any atom is 0.313 e. The molecule has 0 aliphatic heterocycles. The van der Waals surface area contributed by atoms with Crippen LogP contribution in [-0.4, -0.2) is 39.2 Å². The molecule has 1 atom stereocenters. The minimum atomic E-state index is -4.22. The summed E-state index contributed by atoms with van der Waals surface area (Å²) < 4.78 is 68.1. The minimum Gasteiger partial charge on any atom is -0.394 e. The zero-order chi connectivity index (χ0) is 22.4. The number of hydrogen-bond donors (Lipinski definition) is 2. The molecule has 1 heterocycles. The Balaban J connectivity index is 1.64. The van der Waals surface area contributed by atoms with Crippen LogP contribution in [0.4, 0.5) is 27.8 Å². The van der Waals surface area contributed by atoms with Crippen LogP contribution in [0.15, 0.2) is 24.3 Å². The number of aromatic nitrogens is 2. The zero-order valence-corrected chi connectivity index (χ0v) is 16.6. The van der Waals surface area contributed by atoms with E-state index in [0.717, 1.165) is 19.3 Å². The summed E-state index contributed by atoms with van der Waals surface area (Å²) >= 11 is 0. The van der Waals surface area contributed by atoms with Crippen LogP contribution in [0.2, 0.25) is 0 Å². The normalized spacial score (nSPS) is 21.9. The number of benzene rings is 1. The van der Waals surface area contributed by atoms with Gasteiger partial charge < -0.3 is 10.4 Å². The van der Waals surface area contributed by atoms with Gasteiger partial charge in [-0.3, -0.25) is 4.79 Å². The van der Waals surface area contributed by atoms with E-state index in [1.807, 2.05) is 0 Å². The molecule has 0 saturated heterocycles. The summed E-state index contributed by atoms with van der Waals surface area (Å²) in [6, 6.07) is 5.65. The highest BCUT2D eigenvalue weighted by Crippen LogP contribution is 2.56. The number of aliphatic hydroxyl groups is 1. The molecule has 2 aliphatic carbocycles. The average molecular weight is 443 g/mol. The summed E-state index contributed by atoms with van der Waals surface area (Å²) in [4.78, 5) is 12.5. The maximum atomic E-state index is 13.6. The lowest BCUT2D eigenvalue weighted by Crippen LogP contribution is -2.59. The quantitative estimate of drug-likeness (QED) is 0.617. The fourth-order valence-electron chi connectivity index (χ4n) is 4.12. The van der Waals surface area contributed by atoms with E-state index in [9.17, 15) is 31.9 Å². The second-order valence-corrected chi connectivity index (χ2v) is 8.17. The second-order valence-electron chi connectivity index (χ2n) is 8.17. The van der Waals surface area contributed by atoms with Crippen LogP contribution in [0.1, 0.15) is 43.6 Å². The number of aliphatic hydroxyl groups excluding tert-OH is 1. The summed E-state index contributed by atoms with van der Waals surface area (Å²) in [5, 5.41) is 16.5. The third-order valence-electron chi connectivity index (χ3n) is 6.12. The van der Waals surface area contributed by atoms with E-state index in [4.69, 9.17) is 0 Å². The van der Waals surface area contributed by atoms with Gasteiger partial charge in [-0.2, -0.15) is 22.7 Å². The molecule has 2 N–H and O–H groups in total. The van der Waals surface area contributed by atoms with Crippen LogP contribution < -0.4 is 5.32 Å². The molecule has 2 aliphatic rings. The molecule has 2 aromatic rings. The van der Waals surface area contributed by atoms with Gasteiger partial charge in [-0.15, -0.1) is 0 Å². The van der Waals surface area contributed by atoms with E-state index in [1.54, 1.807) is 12.1 Å². The van der Waals surface area contributed by atoms with Gasteiger partial charge in [0.25, 0.3) is 0 Å². The molecule has 2 fully saturated rings. The van der Waals surface area contributed by atoms with Crippen molar-refractivity contribution in [1.29, 1.82) is 0 Å². The van der Waals surface area contributed by atoms with Gasteiger partial charge in [-0.1, -0.05) is 6.42 Å². The summed E-state index contributed by atoms with van der Waals surface area (Å²) in [5.41, 5.74) is 1.81. The minimum absolute atomic E-state index is 0.0359. The lowest BCUT2D eigenvalue weighted by molar-refractivity contribution is -0.313. The van der Waals surface area contributed by atoms with Crippen molar-refractivity contribution < 1.29 is 31.9 Å². The predicted octanol–water partition coefficient (Wildman–Crippen LogP) is 4.57. The van der Waals surface area contributed by atoms with E-state index in [0.29, 0.717) is 16.8 Å². The van der Waals surface area contributed by atoms with Crippen molar-refractivity contribution in [2.45, 2.75) is 56.4 Å². The molecule has 31 heavy (non-hydrogen) atoms. The monoisotopic (exact) mass is 443 g/mol. The number of halogens is 5. The number of anilines is 1. The molecule has 1 amide bonds. The lowest BCUT2D eigenvalue weighted by atomic mass is 9.74. The van der Waals surface area contributed by atoms with Gasteiger partial charge in [0, 0.05) is 29.9 Å². The smallest absolute Gasteiger partial charge is 0.313 e. The van der Waals surface area contributed by atoms with Gasteiger partial charge in [-0.05, 0) is 43.0 Å². The van der Waals surface area contributed by atoms with Crippen molar-refractivity contribution in [3.8, 4) is 11.3 Å². The molecule has 0 unspecified atom stereocenters. The van der Waals surface area contributed by atoms with E-state index in [2.05, 4.69) is 10.4 Å². The van der Waals surface area contributed by atoms with Crippen molar-refractivity contribution in [1.82, 2.24) is 9.78 Å². The average Bonchev–Trinajstić information content (AvgIpc) is 2.99. The second kappa shape index (κ2) is 7.89. The fraction of sp³-hybridized carbons (Fsp3) is 0.524. The van der Waals surface area contributed by atoms with Crippen molar-refractivity contribution in [2.75, 3.05) is 11.9 Å². The summed E-state index contributed by atoms with van der Waals surface area (Å²) in [6.45, 7) is -0.251. The topological polar surface area (TPSA) is 67.2 Å². The van der Waals surface area contributed by atoms with Crippen molar-refractivity contribution in [3.05, 3.63) is 35.6 Å². The van der Waals surface area contributed by atoms with Crippen LogP contribution in [-0.2, 0) is 11.3 Å². The SMILES string of the molecule is O=C(C[C@@H]1CC(F)(F)C1(F)F)Nc1c(C2CCC2)c(-c2ccc(F)cc2)nn1CCO. The predicted molar refractivity (Wildman–Crippen MR) is 103 cm³/mol. The van der Waals surface area contributed by atoms with E-state index in [-0.39, 0.29) is 24.9 Å². The summed E-state index contributed by atoms with van der Waals surface area (Å²) in [6.07, 6.45) is 0.835. The summed E-state index contributed by atoms with van der Waals surface area (Å²) in [7, 11) is 0. The molecule has 1 aromatic heterocycles. The molecule has 0 radical (unpaired) electrons. The molecule has 5 nitrogen and oxygen atoms in total. The first-order valence-electron chi connectivity index (χ1n) is 10.2. The Labute approximate surface area is 175 Å². The molecule has 2 saturated carbocycles. The van der Waals surface area contributed by atoms with Crippen LogP contribution >= 0.6 is 0 Å². The lowest BCUT2D eigenvalue weighted by Gasteiger charge is -2.43. The number of alkyl halides is 4. The summed E-state index contributed by atoms with van der Waals surface area (Å²) in [5.74, 6) is -11.0. The van der Waals surface area contributed by atoms with Gasteiger partial charge in [0.1, 0.15) is 11.6 Å². The molecule has 4 rings (SSSR count). The molecule has 1 aromatic carbocycles. The van der Waals surface area contributed by atoms with Crippen LogP contribution in [0.25, 0.3) is 11.3 Å². The number of carbonyl (C=O) groups is 1. The Morgan fingerprint density at radius 1 is 1.19 bits per heavy atom. The number of rotatable bonds is 7. The molecular formula is C21H22F5N3O2. The van der Waals surface area contributed by atoms with Crippen molar-refractivity contribution >= 4 is 11.7 Å². The zero-order valence-electron chi connectivity index (χ0n) is 16.6. The first-order valence-corrected chi connectivity index (χ1v) is 10.2. The van der Waals surface area contributed by atoms with Crippen molar-refractivity contribution in [3.63, 3.8) is 0 Å². The van der Waals surface area contributed by atoms with E-state index >= 15 is 0 Å². The largest absolute Gasteiger partial charge is 0.394 e. The molecule has 10 heteroatoms. The Morgan fingerprint density at radius 3 is 2.39 bits per heavy atom. The van der Waals surface area contributed by atoms with Gasteiger partial charge in [0.2, 0.25) is 5.91 Å². The molecule has 0 spiro atoms. The molecule has 0 bridgehead atoms. The number of nitrogens with zero attached hydrogens (tertiary/aromatic N) is 2. The number of amides is 1. The molecular weight excluding hydrogens is 421 g/mol. The van der Waals surface area contributed by atoms with E-state index in [1.165, 1.54) is 16.8 Å². The van der Waals surface area contributed by atoms with Crippen LogP contribution in [0, 0.1) is 11.7 Å². The number of nitrogens with one attached hydrogen (secondary N) is 1. The number of carbonyl (C=O) groups excluding carboxylic acids is 1. The van der Waals surface area contributed by atoms with Crippen molar-refractivity contribution in [2.24, 2.45) is 5.92 Å². The maximum absolute atomic E-state index is 13.6. The van der Waals surface area contributed by atoms with Gasteiger partial charge in [0.05, 0.1) is 18.8 Å². The number of hydrogen-bond acceptors (Lipinski definition) is 3. The highest BCUT2D eigenvalue weighted by molar-refractivity contribution is 5.92. The van der Waals surface area contributed by atoms with Crippen LogP contribution in [0.3, 0.4) is 0 Å². The van der Waals surface area contributed by atoms with E-state index < -0.39 is 42.3 Å². The first-order chi connectivity index (χ1) is 14.6.